The summed E-state index contributed by atoms with van der Waals surface area (Å²) in [6.07, 6.45) is 4.07. The highest BCUT2D eigenvalue weighted by Crippen LogP contribution is 2.42. The molecule has 2 heterocycles. The molecule has 1 saturated carbocycles. The van der Waals surface area contributed by atoms with Crippen molar-refractivity contribution in [2.45, 2.75) is 37.9 Å². The van der Waals surface area contributed by atoms with Crippen molar-refractivity contribution in [3.05, 3.63) is 59.8 Å². The van der Waals surface area contributed by atoms with Crippen molar-refractivity contribution in [1.29, 1.82) is 0 Å². The quantitative estimate of drug-likeness (QED) is 0.358. The fraction of sp³-hybridized carbons (Fsp3) is 0.250. The number of aromatic amines is 1. The number of carbonyl (C=O) groups is 2. The van der Waals surface area contributed by atoms with E-state index >= 15 is 0 Å². The molecule has 0 radical (unpaired) electrons. The van der Waals surface area contributed by atoms with Crippen LogP contribution < -0.4 is 10.6 Å². The summed E-state index contributed by atoms with van der Waals surface area (Å²) in [6.45, 7) is 3.98. The summed E-state index contributed by atoms with van der Waals surface area (Å²) in [6, 6.07) is 13.5. The van der Waals surface area contributed by atoms with Gasteiger partial charge in [0.15, 0.2) is 11.0 Å². The lowest BCUT2D eigenvalue weighted by molar-refractivity contribution is -0.117. The predicted molar refractivity (Wildman–Crippen MR) is 129 cm³/mol. The number of hydrogen-bond donors (Lipinski definition) is 3. The van der Waals surface area contributed by atoms with Crippen LogP contribution in [-0.2, 0) is 4.79 Å². The van der Waals surface area contributed by atoms with Crippen molar-refractivity contribution >= 4 is 40.3 Å². The second-order valence-electron chi connectivity index (χ2n) is 8.25. The van der Waals surface area contributed by atoms with E-state index in [1.807, 2.05) is 56.4 Å². The lowest BCUT2D eigenvalue weighted by Crippen LogP contribution is -2.35. The lowest BCUT2D eigenvalue weighted by Gasteiger charge is -2.10. The first-order valence-electron chi connectivity index (χ1n) is 10.8. The average Bonchev–Trinajstić information content (AvgIpc) is 3.40. The normalized spacial score (nSPS) is 13.3. The molecule has 0 atom stereocenters. The number of urea groups is 1. The monoisotopic (exact) mass is 460 g/mol. The third-order valence-corrected chi connectivity index (χ3v) is 6.70. The second-order valence-corrected chi connectivity index (χ2v) is 9.19. The van der Waals surface area contributed by atoms with Gasteiger partial charge in [-0.1, -0.05) is 36.0 Å². The van der Waals surface area contributed by atoms with E-state index in [-0.39, 0.29) is 11.7 Å². The fourth-order valence-corrected chi connectivity index (χ4v) is 4.56. The molecule has 3 N–H and O–H groups in total. The molecule has 5 rings (SSSR count). The van der Waals surface area contributed by atoms with E-state index in [0.29, 0.717) is 16.9 Å². The molecule has 0 bridgehead atoms. The van der Waals surface area contributed by atoms with Gasteiger partial charge in [-0.2, -0.15) is 0 Å². The van der Waals surface area contributed by atoms with E-state index in [1.54, 1.807) is 0 Å². The minimum absolute atomic E-state index is 0.0685. The number of para-hydroxylation sites is 1. The van der Waals surface area contributed by atoms with Gasteiger partial charge in [0.1, 0.15) is 0 Å². The Balaban J connectivity index is 1.26. The van der Waals surface area contributed by atoms with Crippen LogP contribution >= 0.6 is 11.8 Å². The number of aryl methyl sites for hydroxylation is 2. The summed E-state index contributed by atoms with van der Waals surface area (Å²) in [5.74, 6) is 0.477. The van der Waals surface area contributed by atoms with Gasteiger partial charge in [0.2, 0.25) is 5.91 Å². The number of rotatable bonds is 6. The SMILES string of the molecule is Cc1ccc(NC(=O)NC(=O)CSc2nnc(-c3c[nH]c4ccccc34)n2C2CC2)cc1C. The number of thioether (sulfide) groups is 1. The Morgan fingerprint density at radius 3 is 2.73 bits per heavy atom. The van der Waals surface area contributed by atoms with Crippen LogP contribution in [0.5, 0.6) is 0 Å². The molecule has 8 nitrogen and oxygen atoms in total. The van der Waals surface area contributed by atoms with E-state index in [4.69, 9.17) is 0 Å². The minimum atomic E-state index is -0.549. The van der Waals surface area contributed by atoms with Crippen molar-refractivity contribution in [3.8, 4) is 11.4 Å². The van der Waals surface area contributed by atoms with E-state index in [1.165, 1.54) is 11.8 Å². The van der Waals surface area contributed by atoms with Gasteiger partial charge < -0.3 is 10.3 Å². The van der Waals surface area contributed by atoms with Crippen LogP contribution in [0.25, 0.3) is 22.3 Å². The number of nitrogens with one attached hydrogen (secondary N) is 3. The second kappa shape index (κ2) is 8.74. The molecule has 2 aromatic carbocycles. The largest absolute Gasteiger partial charge is 0.360 e. The van der Waals surface area contributed by atoms with Gasteiger partial charge in [0.05, 0.1) is 5.75 Å². The van der Waals surface area contributed by atoms with Crippen molar-refractivity contribution in [2.75, 3.05) is 11.1 Å². The lowest BCUT2D eigenvalue weighted by atomic mass is 10.1. The van der Waals surface area contributed by atoms with Crippen molar-refractivity contribution in [2.24, 2.45) is 0 Å². The molecule has 0 aliphatic heterocycles. The van der Waals surface area contributed by atoms with Crippen LogP contribution in [0.1, 0.15) is 30.0 Å². The van der Waals surface area contributed by atoms with Crippen molar-refractivity contribution < 1.29 is 9.59 Å². The van der Waals surface area contributed by atoms with E-state index in [0.717, 1.165) is 46.3 Å². The van der Waals surface area contributed by atoms with E-state index < -0.39 is 6.03 Å². The van der Waals surface area contributed by atoms with Gasteiger partial charge in [-0.15, -0.1) is 10.2 Å². The zero-order valence-corrected chi connectivity index (χ0v) is 19.2. The van der Waals surface area contributed by atoms with Crippen LogP contribution in [-0.4, -0.2) is 37.4 Å². The Hall–Kier alpha value is -3.59. The number of hydrogen-bond acceptors (Lipinski definition) is 5. The van der Waals surface area contributed by atoms with Gasteiger partial charge in [0.25, 0.3) is 0 Å². The topological polar surface area (TPSA) is 105 Å². The highest BCUT2D eigenvalue weighted by Gasteiger charge is 2.31. The van der Waals surface area contributed by atoms with Crippen LogP contribution in [0.3, 0.4) is 0 Å². The molecule has 1 aliphatic rings. The van der Waals surface area contributed by atoms with Gasteiger partial charge >= 0.3 is 6.03 Å². The molecule has 9 heteroatoms. The Bertz CT molecular complexity index is 1350. The summed E-state index contributed by atoms with van der Waals surface area (Å²) in [5.41, 5.74) is 4.89. The third-order valence-electron chi connectivity index (χ3n) is 5.76. The summed E-state index contributed by atoms with van der Waals surface area (Å²) in [4.78, 5) is 27.9. The van der Waals surface area contributed by atoms with Crippen molar-refractivity contribution in [3.63, 3.8) is 0 Å². The smallest absolute Gasteiger partial charge is 0.325 e. The number of carbonyl (C=O) groups excluding carboxylic acids is 2. The Labute approximate surface area is 195 Å². The Morgan fingerprint density at radius 1 is 1.12 bits per heavy atom. The highest BCUT2D eigenvalue weighted by molar-refractivity contribution is 7.99. The molecular weight excluding hydrogens is 436 g/mol. The number of amides is 3. The maximum Gasteiger partial charge on any atom is 0.325 e. The van der Waals surface area contributed by atoms with Crippen LogP contribution in [0.2, 0.25) is 0 Å². The molecule has 0 saturated heterocycles. The zero-order valence-electron chi connectivity index (χ0n) is 18.4. The summed E-state index contributed by atoms with van der Waals surface area (Å²) < 4.78 is 2.11. The van der Waals surface area contributed by atoms with Gasteiger partial charge in [-0.05, 0) is 56.0 Å². The number of benzene rings is 2. The number of imide groups is 1. The maximum absolute atomic E-state index is 12.4. The molecule has 0 unspecified atom stereocenters. The molecular formula is C24H24N6O2S. The average molecular weight is 461 g/mol. The van der Waals surface area contributed by atoms with E-state index in [2.05, 4.69) is 36.4 Å². The first-order valence-corrected chi connectivity index (χ1v) is 11.8. The molecule has 1 aliphatic carbocycles. The molecule has 0 spiro atoms. The number of aromatic nitrogens is 4. The molecule has 3 amide bonds. The number of H-pyrrole nitrogens is 1. The van der Waals surface area contributed by atoms with Crippen LogP contribution in [0.4, 0.5) is 10.5 Å². The first kappa shape index (κ1) is 21.3. The Kier molecular flexibility index (Phi) is 5.63. The standard InChI is InChI=1S/C24H24N6O2S/c1-14-7-8-16(11-15(14)2)26-23(32)27-21(31)13-33-24-29-28-22(30(24)17-9-10-17)19-12-25-20-6-4-3-5-18(19)20/h3-8,11-12,17,25H,9-10,13H2,1-2H3,(H2,26,27,31,32). The number of nitrogens with zero attached hydrogens (tertiary/aromatic N) is 3. The van der Waals surface area contributed by atoms with Gasteiger partial charge in [0, 0.05) is 34.4 Å². The van der Waals surface area contributed by atoms with Crippen LogP contribution in [0.15, 0.2) is 53.8 Å². The summed E-state index contributed by atoms with van der Waals surface area (Å²) in [7, 11) is 0. The highest BCUT2D eigenvalue weighted by atomic mass is 32.2. The van der Waals surface area contributed by atoms with Crippen LogP contribution in [0, 0.1) is 13.8 Å². The summed E-state index contributed by atoms with van der Waals surface area (Å²) in [5, 5.41) is 15.7. The summed E-state index contributed by atoms with van der Waals surface area (Å²) >= 11 is 1.29. The third kappa shape index (κ3) is 4.49. The molecule has 33 heavy (non-hydrogen) atoms. The zero-order chi connectivity index (χ0) is 22.9. The predicted octanol–water partition coefficient (Wildman–Crippen LogP) is 4.82. The first-order chi connectivity index (χ1) is 16.0. The van der Waals surface area contributed by atoms with Gasteiger partial charge in [-0.3, -0.25) is 14.7 Å². The number of fused-ring (bicyclic) bond motifs is 1. The molecule has 2 aromatic heterocycles. The molecule has 1 fully saturated rings. The van der Waals surface area contributed by atoms with E-state index in [9.17, 15) is 9.59 Å². The molecule has 4 aromatic rings. The van der Waals surface area contributed by atoms with Crippen molar-refractivity contribution in [1.82, 2.24) is 25.1 Å². The fourth-order valence-electron chi connectivity index (χ4n) is 3.75. The Morgan fingerprint density at radius 2 is 1.94 bits per heavy atom. The van der Waals surface area contributed by atoms with Gasteiger partial charge in [-0.25, -0.2) is 4.79 Å². The minimum Gasteiger partial charge on any atom is -0.360 e. The molecule has 168 valence electrons. The number of anilines is 1. The maximum atomic E-state index is 12.4.